The zero-order chi connectivity index (χ0) is 9.42. The number of rotatable bonds is 0. The minimum atomic E-state index is 0.171. The first-order valence-corrected chi connectivity index (χ1v) is 4.27. The molecule has 0 bridgehead atoms. The van der Waals surface area contributed by atoms with Crippen molar-refractivity contribution in [3.8, 4) is 0 Å². The van der Waals surface area contributed by atoms with Crippen molar-refractivity contribution in [2.45, 2.75) is 0 Å². The molecule has 1 aromatic heterocycles. The van der Waals surface area contributed by atoms with Crippen molar-refractivity contribution < 1.29 is 4.73 Å². The van der Waals surface area contributed by atoms with Gasteiger partial charge in [-0.1, -0.05) is 23.2 Å². The van der Waals surface area contributed by atoms with E-state index >= 15 is 0 Å². The first-order valence-electron chi connectivity index (χ1n) is 3.52. The van der Waals surface area contributed by atoms with Crippen LogP contribution in [0.25, 0.3) is 11.0 Å². The van der Waals surface area contributed by atoms with Crippen LogP contribution in [0.1, 0.15) is 0 Å². The molecule has 0 aliphatic carbocycles. The van der Waals surface area contributed by atoms with E-state index in [1.54, 1.807) is 18.2 Å². The third kappa shape index (κ3) is 1.53. The summed E-state index contributed by atoms with van der Waals surface area (Å²) in [7, 11) is 0. The van der Waals surface area contributed by atoms with Crippen molar-refractivity contribution in [3.63, 3.8) is 0 Å². The minimum Gasteiger partial charge on any atom is -0.618 e. The number of hydrogen-bond acceptors (Lipinski definition) is 2. The average molecular weight is 215 g/mol. The van der Waals surface area contributed by atoms with E-state index in [1.165, 1.54) is 6.20 Å². The second-order valence-electron chi connectivity index (χ2n) is 2.52. The van der Waals surface area contributed by atoms with Gasteiger partial charge in [-0.3, -0.25) is 0 Å². The Balaban J connectivity index is 2.87. The van der Waals surface area contributed by atoms with E-state index < -0.39 is 0 Å². The molecule has 0 unspecified atom stereocenters. The normalized spacial score (nSPS) is 10.6. The fourth-order valence-corrected chi connectivity index (χ4v) is 1.42. The molecule has 0 saturated carbocycles. The molecule has 0 aliphatic rings. The summed E-state index contributed by atoms with van der Waals surface area (Å²) >= 11 is 11.3. The predicted octanol–water partition coefficient (Wildman–Crippen LogP) is 2.17. The highest BCUT2D eigenvalue weighted by molar-refractivity contribution is 6.31. The summed E-state index contributed by atoms with van der Waals surface area (Å²) in [5.74, 6) is 0. The van der Waals surface area contributed by atoms with Gasteiger partial charge < -0.3 is 5.21 Å². The Labute approximate surface area is 84.1 Å². The maximum absolute atomic E-state index is 11.3. The van der Waals surface area contributed by atoms with Crippen molar-refractivity contribution in [1.82, 2.24) is 4.98 Å². The Morgan fingerprint density at radius 1 is 1.31 bits per heavy atom. The van der Waals surface area contributed by atoms with E-state index in [0.717, 1.165) is 0 Å². The molecule has 3 nitrogen and oxygen atoms in total. The standard InChI is InChI=1S/C8H4Cl2N2O/c9-5-1-2-6-7(3-5)12(13)4-8(10)11-6/h1-4H. The van der Waals surface area contributed by atoms with Crippen LogP contribution in [-0.4, -0.2) is 4.98 Å². The third-order valence-electron chi connectivity index (χ3n) is 1.63. The average Bonchev–Trinajstić information content (AvgIpc) is 2.06. The molecular formula is C8H4Cl2N2O. The predicted molar refractivity (Wildman–Crippen MR) is 50.7 cm³/mol. The van der Waals surface area contributed by atoms with E-state index in [0.29, 0.717) is 20.8 Å². The Morgan fingerprint density at radius 3 is 2.85 bits per heavy atom. The van der Waals surface area contributed by atoms with Crippen LogP contribution >= 0.6 is 23.2 Å². The molecule has 66 valence electrons. The zero-order valence-corrected chi connectivity index (χ0v) is 7.88. The van der Waals surface area contributed by atoms with Gasteiger partial charge in [0, 0.05) is 11.1 Å². The molecule has 0 radical (unpaired) electrons. The lowest BCUT2D eigenvalue weighted by atomic mass is 10.3. The van der Waals surface area contributed by atoms with Gasteiger partial charge in [0.15, 0.2) is 5.15 Å². The van der Waals surface area contributed by atoms with E-state index in [1.807, 2.05) is 0 Å². The van der Waals surface area contributed by atoms with Crippen molar-refractivity contribution in [2.24, 2.45) is 0 Å². The molecule has 0 amide bonds. The molecule has 2 rings (SSSR count). The van der Waals surface area contributed by atoms with Gasteiger partial charge in [-0.05, 0) is 12.1 Å². The summed E-state index contributed by atoms with van der Waals surface area (Å²) in [6.45, 7) is 0. The van der Waals surface area contributed by atoms with E-state index in [2.05, 4.69) is 4.98 Å². The summed E-state index contributed by atoms with van der Waals surface area (Å²) < 4.78 is 0.649. The van der Waals surface area contributed by atoms with Crippen LogP contribution in [0.15, 0.2) is 24.4 Å². The summed E-state index contributed by atoms with van der Waals surface area (Å²) in [6, 6.07) is 4.86. The summed E-state index contributed by atoms with van der Waals surface area (Å²) in [6.07, 6.45) is 1.19. The number of benzene rings is 1. The summed E-state index contributed by atoms with van der Waals surface area (Å²) in [5.41, 5.74) is 0.948. The first-order chi connectivity index (χ1) is 6.16. The van der Waals surface area contributed by atoms with E-state index in [9.17, 15) is 5.21 Å². The van der Waals surface area contributed by atoms with Gasteiger partial charge in [0.1, 0.15) is 5.52 Å². The smallest absolute Gasteiger partial charge is 0.243 e. The molecule has 0 atom stereocenters. The van der Waals surface area contributed by atoms with E-state index in [4.69, 9.17) is 23.2 Å². The zero-order valence-electron chi connectivity index (χ0n) is 6.37. The maximum atomic E-state index is 11.3. The van der Waals surface area contributed by atoms with Crippen LogP contribution < -0.4 is 4.73 Å². The lowest BCUT2D eigenvalue weighted by molar-refractivity contribution is -0.577. The quantitative estimate of drug-likeness (QED) is 0.499. The topological polar surface area (TPSA) is 39.8 Å². The molecule has 1 heterocycles. The fourth-order valence-electron chi connectivity index (χ4n) is 1.08. The molecule has 1 aromatic carbocycles. The molecule has 0 N–H and O–H groups in total. The molecular weight excluding hydrogens is 211 g/mol. The number of aromatic nitrogens is 2. The Hall–Kier alpha value is -1.06. The SMILES string of the molecule is [O-][n+]1cc(Cl)nc2ccc(Cl)cc21. The van der Waals surface area contributed by atoms with Gasteiger partial charge in [-0.25, -0.2) is 4.98 Å². The molecule has 0 spiro atoms. The highest BCUT2D eigenvalue weighted by atomic mass is 35.5. The second-order valence-corrected chi connectivity index (χ2v) is 3.35. The number of fused-ring (bicyclic) bond motifs is 1. The molecule has 2 aromatic rings. The Morgan fingerprint density at radius 2 is 2.08 bits per heavy atom. The molecule has 0 aliphatic heterocycles. The van der Waals surface area contributed by atoms with Crippen LogP contribution in [0.4, 0.5) is 0 Å². The van der Waals surface area contributed by atoms with Crippen molar-refractivity contribution in [2.75, 3.05) is 0 Å². The highest BCUT2D eigenvalue weighted by Crippen LogP contribution is 2.15. The summed E-state index contributed by atoms with van der Waals surface area (Å²) in [5, 5.41) is 12.0. The van der Waals surface area contributed by atoms with E-state index in [-0.39, 0.29) is 5.15 Å². The number of halogens is 2. The second kappa shape index (κ2) is 3.01. The minimum absolute atomic E-state index is 0.171. The monoisotopic (exact) mass is 214 g/mol. The maximum Gasteiger partial charge on any atom is 0.243 e. The third-order valence-corrected chi connectivity index (χ3v) is 2.04. The number of nitrogens with zero attached hydrogens (tertiary/aromatic N) is 2. The molecule has 0 saturated heterocycles. The van der Waals surface area contributed by atoms with Crippen LogP contribution in [-0.2, 0) is 0 Å². The summed E-state index contributed by atoms with van der Waals surface area (Å²) in [4.78, 5) is 3.96. The first kappa shape index (κ1) is 8.53. The highest BCUT2D eigenvalue weighted by Gasteiger charge is 2.07. The van der Waals surface area contributed by atoms with Crippen LogP contribution in [0.2, 0.25) is 10.2 Å². The van der Waals surface area contributed by atoms with Crippen LogP contribution in [0.5, 0.6) is 0 Å². The van der Waals surface area contributed by atoms with Gasteiger partial charge in [0.05, 0.1) is 0 Å². The van der Waals surface area contributed by atoms with Crippen molar-refractivity contribution in [1.29, 1.82) is 0 Å². The van der Waals surface area contributed by atoms with Crippen molar-refractivity contribution in [3.05, 3.63) is 39.8 Å². The molecule has 5 heteroatoms. The molecule has 13 heavy (non-hydrogen) atoms. The van der Waals surface area contributed by atoms with Crippen LogP contribution in [0.3, 0.4) is 0 Å². The lowest BCUT2D eigenvalue weighted by Crippen LogP contribution is -2.26. The lowest BCUT2D eigenvalue weighted by Gasteiger charge is -2.00. The Bertz CT molecular complexity index is 473. The number of hydrogen-bond donors (Lipinski definition) is 0. The van der Waals surface area contributed by atoms with Crippen LogP contribution in [0, 0.1) is 5.21 Å². The van der Waals surface area contributed by atoms with Gasteiger partial charge in [0.25, 0.3) is 0 Å². The fraction of sp³-hybridized carbons (Fsp3) is 0. The van der Waals surface area contributed by atoms with Gasteiger partial charge >= 0.3 is 0 Å². The van der Waals surface area contributed by atoms with Gasteiger partial charge in [-0.15, -0.1) is 0 Å². The largest absolute Gasteiger partial charge is 0.618 e. The van der Waals surface area contributed by atoms with Crippen molar-refractivity contribution >= 4 is 34.2 Å². The van der Waals surface area contributed by atoms with Gasteiger partial charge in [0.2, 0.25) is 11.7 Å². The molecule has 0 fully saturated rings. The van der Waals surface area contributed by atoms with Gasteiger partial charge in [-0.2, -0.15) is 4.73 Å². The Kier molecular flexibility index (Phi) is 1.98.